The van der Waals surface area contributed by atoms with Crippen LogP contribution in [0.4, 0.5) is 14.9 Å². The highest BCUT2D eigenvalue weighted by molar-refractivity contribution is 6.33. The predicted octanol–water partition coefficient (Wildman–Crippen LogP) is 1.69. The summed E-state index contributed by atoms with van der Waals surface area (Å²) >= 11 is 5.64. The Kier molecular flexibility index (Phi) is 4.07. The van der Waals surface area contributed by atoms with E-state index in [1.54, 1.807) is 0 Å². The number of rotatable bonds is 3. The summed E-state index contributed by atoms with van der Waals surface area (Å²) in [7, 11) is 0. The molecule has 16 heavy (non-hydrogen) atoms. The van der Waals surface area contributed by atoms with Gasteiger partial charge in [0.15, 0.2) is 0 Å². The Bertz CT molecular complexity index is 425. The molecule has 1 aromatic rings. The molecule has 0 fully saturated rings. The molecule has 0 bridgehead atoms. The zero-order valence-corrected chi connectivity index (χ0v) is 8.71. The van der Waals surface area contributed by atoms with Crippen molar-refractivity contribution < 1.29 is 19.1 Å². The van der Waals surface area contributed by atoms with Crippen LogP contribution in [0.3, 0.4) is 0 Å². The molecule has 0 aliphatic carbocycles. The number of nitrogens with one attached hydrogen (secondary N) is 2. The molecule has 86 valence electrons. The molecule has 0 aromatic heterocycles. The van der Waals surface area contributed by atoms with Crippen LogP contribution in [0.25, 0.3) is 0 Å². The van der Waals surface area contributed by atoms with Crippen molar-refractivity contribution in [2.24, 2.45) is 0 Å². The van der Waals surface area contributed by atoms with Gasteiger partial charge in [-0.1, -0.05) is 11.6 Å². The van der Waals surface area contributed by atoms with Crippen molar-refractivity contribution in [3.05, 3.63) is 29.0 Å². The molecule has 0 heterocycles. The lowest BCUT2D eigenvalue weighted by Crippen LogP contribution is -2.33. The van der Waals surface area contributed by atoms with E-state index in [0.29, 0.717) is 0 Å². The maximum absolute atomic E-state index is 12.6. The number of halogens is 2. The first-order valence-electron chi connectivity index (χ1n) is 4.20. The fourth-order valence-electron chi connectivity index (χ4n) is 0.913. The van der Waals surface area contributed by atoms with E-state index in [0.717, 1.165) is 12.1 Å². The highest BCUT2D eigenvalue weighted by atomic mass is 35.5. The Labute approximate surface area is 95.2 Å². The van der Waals surface area contributed by atoms with Gasteiger partial charge >= 0.3 is 12.0 Å². The van der Waals surface area contributed by atoms with Crippen molar-refractivity contribution in [3.8, 4) is 0 Å². The van der Waals surface area contributed by atoms with Crippen molar-refractivity contribution >= 4 is 29.3 Å². The van der Waals surface area contributed by atoms with Gasteiger partial charge in [0.2, 0.25) is 0 Å². The summed E-state index contributed by atoms with van der Waals surface area (Å²) in [6.45, 7) is -0.509. The Morgan fingerprint density at radius 1 is 1.44 bits per heavy atom. The van der Waals surface area contributed by atoms with E-state index in [-0.39, 0.29) is 10.7 Å². The summed E-state index contributed by atoms with van der Waals surface area (Å²) in [5.41, 5.74) is 0.200. The van der Waals surface area contributed by atoms with Gasteiger partial charge in [-0.3, -0.25) is 4.79 Å². The first-order valence-corrected chi connectivity index (χ1v) is 4.58. The molecule has 7 heteroatoms. The van der Waals surface area contributed by atoms with Crippen LogP contribution in [0.2, 0.25) is 5.02 Å². The second-order valence-corrected chi connectivity index (χ2v) is 3.23. The van der Waals surface area contributed by atoms with E-state index in [4.69, 9.17) is 16.7 Å². The summed E-state index contributed by atoms with van der Waals surface area (Å²) in [5, 5.41) is 12.7. The molecule has 0 spiro atoms. The molecule has 2 amide bonds. The number of aliphatic carboxylic acids is 1. The summed E-state index contributed by atoms with van der Waals surface area (Å²) < 4.78 is 12.6. The van der Waals surface area contributed by atoms with Crippen LogP contribution in [-0.2, 0) is 4.79 Å². The molecule has 1 aromatic carbocycles. The molecule has 0 unspecified atom stereocenters. The third kappa shape index (κ3) is 3.74. The van der Waals surface area contributed by atoms with Gasteiger partial charge < -0.3 is 15.7 Å². The fourth-order valence-corrected chi connectivity index (χ4v) is 1.13. The molecule has 0 atom stereocenters. The Morgan fingerprint density at radius 2 is 2.12 bits per heavy atom. The monoisotopic (exact) mass is 246 g/mol. The first-order chi connectivity index (χ1) is 7.49. The smallest absolute Gasteiger partial charge is 0.323 e. The van der Waals surface area contributed by atoms with Crippen LogP contribution in [-0.4, -0.2) is 23.7 Å². The number of hydrogen-bond acceptors (Lipinski definition) is 2. The number of benzene rings is 1. The van der Waals surface area contributed by atoms with Crippen LogP contribution < -0.4 is 10.6 Å². The lowest BCUT2D eigenvalue weighted by molar-refractivity contribution is -0.135. The van der Waals surface area contributed by atoms with Gasteiger partial charge in [0.25, 0.3) is 0 Å². The molecular formula is C9H8ClFN2O3. The van der Waals surface area contributed by atoms with Gasteiger partial charge in [-0.15, -0.1) is 0 Å². The summed E-state index contributed by atoms with van der Waals surface area (Å²) in [5.74, 6) is -1.69. The van der Waals surface area contributed by atoms with E-state index in [2.05, 4.69) is 10.6 Å². The first kappa shape index (κ1) is 12.3. The number of amides is 2. The SMILES string of the molecule is O=C(O)CNC(=O)Nc1ccc(F)cc1Cl. The average Bonchev–Trinajstić information content (AvgIpc) is 2.19. The van der Waals surface area contributed by atoms with Crippen LogP contribution in [0, 0.1) is 5.82 Å². The maximum atomic E-state index is 12.6. The van der Waals surface area contributed by atoms with Gasteiger partial charge in [-0.25, -0.2) is 9.18 Å². The second-order valence-electron chi connectivity index (χ2n) is 2.83. The molecule has 5 nitrogen and oxygen atoms in total. The van der Waals surface area contributed by atoms with Gasteiger partial charge in [0, 0.05) is 0 Å². The molecule has 0 aliphatic rings. The highest BCUT2D eigenvalue weighted by Crippen LogP contribution is 2.21. The molecular weight excluding hydrogens is 239 g/mol. The quantitative estimate of drug-likeness (QED) is 0.759. The lowest BCUT2D eigenvalue weighted by Gasteiger charge is -2.07. The Hall–Kier alpha value is -1.82. The minimum atomic E-state index is -1.17. The normalized spacial score (nSPS) is 9.62. The van der Waals surface area contributed by atoms with Crippen molar-refractivity contribution in [3.63, 3.8) is 0 Å². The maximum Gasteiger partial charge on any atom is 0.323 e. The van der Waals surface area contributed by atoms with Crippen LogP contribution in [0.15, 0.2) is 18.2 Å². The van der Waals surface area contributed by atoms with Crippen molar-refractivity contribution in [2.75, 3.05) is 11.9 Å². The predicted molar refractivity (Wildman–Crippen MR) is 56.1 cm³/mol. The Balaban J connectivity index is 2.59. The molecule has 0 aliphatic heterocycles. The number of carboxylic acid groups (broad SMARTS) is 1. The fraction of sp³-hybridized carbons (Fsp3) is 0.111. The van der Waals surface area contributed by atoms with Crippen molar-refractivity contribution in [1.29, 1.82) is 0 Å². The molecule has 0 saturated heterocycles. The van der Waals surface area contributed by atoms with Gasteiger partial charge in [0.1, 0.15) is 12.4 Å². The lowest BCUT2D eigenvalue weighted by atomic mass is 10.3. The van der Waals surface area contributed by atoms with E-state index in [1.807, 2.05) is 0 Å². The highest BCUT2D eigenvalue weighted by Gasteiger charge is 2.07. The molecule has 3 N–H and O–H groups in total. The van der Waals surface area contributed by atoms with Crippen LogP contribution >= 0.6 is 11.6 Å². The van der Waals surface area contributed by atoms with Gasteiger partial charge in [-0.05, 0) is 18.2 Å². The third-order valence-corrected chi connectivity index (χ3v) is 1.89. The number of anilines is 1. The Morgan fingerprint density at radius 3 is 2.69 bits per heavy atom. The number of hydrogen-bond donors (Lipinski definition) is 3. The summed E-state index contributed by atoms with van der Waals surface area (Å²) in [6, 6.07) is 2.71. The minimum Gasteiger partial charge on any atom is -0.480 e. The summed E-state index contributed by atoms with van der Waals surface area (Å²) in [6.07, 6.45) is 0. The summed E-state index contributed by atoms with van der Waals surface area (Å²) in [4.78, 5) is 21.3. The molecule has 1 rings (SSSR count). The third-order valence-electron chi connectivity index (χ3n) is 1.58. The number of carbonyl (C=O) groups is 2. The topological polar surface area (TPSA) is 78.4 Å². The van der Waals surface area contributed by atoms with Crippen LogP contribution in [0.1, 0.15) is 0 Å². The van der Waals surface area contributed by atoms with E-state index < -0.39 is 24.4 Å². The zero-order valence-electron chi connectivity index (χ0n) is 7.96. The van der Waals surface area contributed by atoms with E-state index in [1.165, 1.54) is 6.07 Å². The average molecular weight is 247 g/mol. The van der Waals surface area contributed by atoms with Gasteiger partial charge in [0.05, 0.1) is 10.7 Å². The van der Waals surface area contributed by atoms with Crippen molar-refractivity contribution in [2.45, 2.75) is 0 Å². The standard InChI is InChI=1S/C9H8ClFN2O3/c10-6-3-5(11)1-2-7(6)13-9(16)12-4-8(14)15/h1-3H,4H2,(H,14,15)(H2,12,13,16). The van der Waals surface area contributed by atoms with E-state index >= 15 is 0 Å². The molecule has 0 radical (unpaired) electrons. The van der Waals surface area contributed by atoms with Gasteiger partial charge in [-0.2, -0.15) is 0 Å². The minimum absolute atomic E-state index is 0.0328. The number of carbonyl (C=O) groups excluding carboxylic acids is 1. The zero-order chi connectivity index (χ0) is 12.1. The van der Waals surface area contributed by atoms with Crippen LogP contribution in [0.5, 0.6) is 0 Å². The molecule has 0 saturated carbocycles. The van der Waals surface area contributed by atoms with Crippen molar-refractivity contribution in [1.82, 2.24) is 5.32 Å². The largest absolute Gasteiger partial charge is 0.480 e. The number of urea groups is 1. The van der Waals surface area contributed by atoms with E-state index in [9.17, 15) is 14.0 Å². The second kappa shape index (κ2) is 5.32. The number of carboxylic acids is 1.